The molecular formula is C17H26N2. The topological polar surface area (TPSA) is 29.3 Å². The Labute approximate surface area is 117 Å². The molecule has 2 nitrogen and oxygen atoms in total. The molecule has 19 heavy (non-hydrogen) atoms. The van der Waals surface area contributed by atoms with Crippen LogP contribution in [0.5, 0.6) is 0 Å². The summed E-state index contributed by atoms with van der Waals surface area (Å²) in [5.41, 5.74) is 7.51. The maximum Gasteiger partial charge on any atom is 0.00509 e. The van der Waals surface area contributed by atoms with Crippen molar-refractivity contribution in [3.8, 4) is 0 Å². The van der Waals surface area contributed by atoms with Gasteiger partial charge in [-0.1, -0.05) is 30.3 Å². The first kappa shape index (κ1) is 13.1. The highest BCUT2D eigenvalue weighted by molar-refractivity contribution is 5.21. The maximum absolute atomic E-state index is 5.99. The molecule has 3 rings (SSSR count). The Morgan fingerprint density at radius 1 is 1.00 bits per heavy atom. The second-order valence-electron chi connectivity index (χ2n) is 6.44. The van der Waals surface area contributed by atoms with Crippen LogP contribution in [0.15, 0.2) is 30.3 Å². The summed E-state index contributed by atoms with van der Waals surface area (Å²) in [4.78, 5) is 2.68. The van der Waals surface area contributed by atoms with Gasteiger partial charge in [0.2, 0.25) is 0 Å². The van der Waals surface area contributed by atoms with Crippen molar-refractivity contribution in [1.82, 2.24) is 4.90 Å². The molecule has 1 aromatic carbocycles. The first-order valence-corrected chi connectivity index (χ1v) is 7.84. The van der Waals surface area contributed by atoms with Gasteiger partial charge >= 0.3 is 0 Å². The predicted octanol–water partition coefficient (Wildman–Crippen LogP) is 2.99. The summed E-state index contributed by atoms with van der Waals surface area (Å²) in [6, 6.07) is 11.5. The van der Waals surface area contributed by atoms with Gasteiger partial charge in [0.1, 0.15) is 0 Å². The standard InChI is InChI=1S/C17H26N2/c18-17-8-6-14(7-9-17)12-19-11-10-16(13-19)15-4-2-1-3-5-15/h1-5,14,16-17H,6-13,18H2. The SMILES string of the molecule is NC1CCC(CN2CCC(c3ccccc3)C2)CC1. The van der Waals surface area contributed by atoms with E-state index in [4.69, 9.17) is 5.73 Å². The van der Waals surface area contributed by atoms with Crippen molar-refractivity contribution < 1.29 is 0 Å². The normalized spacial score (nSPS) is 32.6. The Morgan fingerprint density at radius 2 is 1.74 bits per heavy atom. The summed E-state index contributed by atoms with van der Waals surface area (Å²) in [5, 5.41) is 0. The number of likely N-dealkylation sites (tertiary alicyclic amines) is 1. The number of hydrogen-bond donors (Lipinski definition) is 1. The largest absolute Gasteiger partial charge is 0.328 e. The van der Waals surface area contributed by atoms with E-state index in [1.54, 1.807) is 0 Å². The lowest BCUT2D eigenvalue weighted by atomic mass is 9.86. The monoisotopic (exact) mass is 258 g/mol. The van der Waals surface area contributed by atoms with Gasteiger partial charge in [0, 0.05) is 19.1 Å². The van der Waals surface area contributed by atoms with Crippen molar-refractivity contribution in [3.63, 3.8) is 0 Å². The average Bonchev–Trinajstić information content (AvgIpc) is 2.91. The molecule has 1 aliphatic carbocycles. The summed E-state index contributed by atoms with van der Waals surface area (Å²) in [7, 11) is 0. The highest BCUT2D eigenvalue weighted by atomic mass is 15.1. The van der Waals surface area contributed by atoms with Gasteiger partial charge in [-0.2, -0.15) is 0 Å². The van der Waals surface area contributed by atoms with Crippen LogP contribution in [-0.4, -0.2) is 30.6 Å². The van der Waals surface area contributed by atoms with Crippen LogP contribution in [-0.2, 0) is 0 Å². The Balaban J connectivity index is 1.49. The second kappa shape index (κ2) is 6.06. The smallest absolute Gasteiger partial charge is 0.00509 e. The first-order chi connectivity index (χ1) is 9.31. The first-order valence-electron chi connectivity index (χ1n) is 7.84. The van der Waals surface area contributed by atoms with E-state index in [0.29, 0.717) is 6.04 Å². The molecule has 2 N–H and O–H groups in total. The highest BCUT2D eigenvalue weighted by Gasteiger charge is 2.27. The quantitative estimate of drug-likeness (QED) is 0.903. The van der Waals surface area contributed by atoms with Crippen molar-refractivity contribution in [3.05, 3.63) is 35.9 Å². The second-order valence-corrected chi connectivity index (χ2v) is 6.44. The van der Waals surface area contributed by atoms with Gasteiger partial charge in [0.15, 0.2) is 0 Å². The van der Waals surface area contributed by atoms with Gasteiger partial charge in [-0.05, 0) is 56.0 Å². The molecule has 1 aromatic rings. The Bertz CT molecular complexity index is 382. The van der Waals surface area contributed by atoms with Crippen molar-refractivity contribution in [2.45, 2.75) is 44.1 Å². The van der Waals surface area contributed by atoms with E-state index in [2.05, 4.69) is 35.2 Å². The molecule has 1 atom stereocenters. The summed E-state index contributed by atoms with van der Waals surface area (Å²) in [6.45, 7) is 3.84. The van der Waals surface area contributed by atoms with Gasteiger partial charge < -0.3 is 10.6 Å². The molecule has 0 aromatic heterocycles. The summed E-state index contributed by atoms with van der Waals surface area (Å²) < 4.78 is 0. The van der Waals surface area contributed by atoms with E-state index in [9.17, 15) is 0 Å². The van der Waals surface area contributed by atoms with Crippen LogP contribution < -0.4 is 5.73 Å². The predicted molar refractivity (Wildman–Crippen MR) is 80.2 cm³/mol. The average molecular weight is 258 g/mol. The lowest BCUT2D eigenvalue weighted by Crippen LogP contribution is -2.33. The summed E-state index contributed by atoms with van der Waals surface area (Å²) in [5.74, 6) is 1.65. The third kappa shape index (κ3) is 3.37. The zero-order valence-electron chi connectivity index (χ0n) is 11.8. The van der Waals surface area contributed by atoms with Gasteiger partial charge in [-0.3, -0.25) is 0 Å². The van der Waals surface area contributed by atoms with E-state index < -0.39 is 0 Å². The van der Waals surface area contributed by atoms with Gasteiger partial charge in [-0.15, -0.1) is 0 Å². The molecule has 0 spiro atoms. The summed E-state index contributed by atoms with van der Waals surface area (Å²) >= 11 is 0. The van der Waals surface area contributed by atoms with Crippen molar-refractivity contribution in [2.24, 2.45) is 11.7 Å². The number of nitrogens with zero attached hydrogens (tertiary/aromatic N) is 1. The molecular weight excluding hydrogens is 232 g/mol. The van der Waals surface area contributed by atoms with Crippen LogP contribution in [0.4, 0.5) is 0 Å². The van der Waals surface area contributed by atoms with Crippen molar-refractivity contribution in [2.75, 3.05) is 19.6 Å². The fraction of sp³-hybridized carbons (Fsp3) is 0.647. The van der Waals surface area contributed by atoms with E-state index in [1.165, 1.54) is 57.3 Å². The zero-order valence-corrected chi connectivity index (χ0v) is 11.8. The minimum atomic E-state index is 0.479. The number of nitrogens with two attached hydrogens (primary N) is 1. The molecule has 104 valence electrons. The molecule has 2 aliphatic rings. The fourth-order valence-electron chi connectivity index (χ4n) is 3.73. The number of benzene rings is 1. The Hall–Kier alpha value is -0.860. The third-order valence-electron chi connectivity index (χ3n) is 4.95. The fourth-order valence-corrected chi connectivity index (χ4v) is 3.73. The minimum absolute atomic E-state index is 0.479. The molecule has 1 unspecified atom stereocenters. The highest BCUT2D eigenvalue weighted by Crippen LogP contribution is 2.30. The maximum atomic E-state index is 5.99. The summed E-state index contributed by atoms with van der Waals surface area (Å²) in [6.07, 6.45) is 6.48. The van der Waals surface area contributed by atoms with Crippen molar-refractivity contribution >= 4 is 0 Å². The Kier molecular flexibility index (Phi) is 4.19. The van der Waals surface area contributed by atoms with Crippen LogP contribution in [0.2, 0.25) is 0 Å². The van der Waals surface area contributed by atoms with Crippen LogP contribution in [0.3, 0.4) is 0 Å². The molecule has 0 amide bonds. The molecule has 0 radical (unpaired) electrons. The van der Waals surface area contributed by atoms with E-state index in [0.717, 1.165) is 11.8 Å². The lowest BCUT2D eigenvalue weighted by Gasteiger charge is -2.29. The van der Waals surface area contributed by atoms with Crippen LogP contribution in [0.25, 0.3) is 0 Å². The van der Waals surface area contributed by atoms with E-state index >= 15 is 0 Å². The lowest BCUT2D eigenvalue weighted by molar-refractivity contribution is 0.222. The molecule has 1 saturated carbocycles. The van der Waals surface area contributed by atoms with Crippen molar-refractivity contribution in [1.29, 1.82) is 0 Å². The minimum Gasteiger partial charge on any atom is -0.328 e. The number of hydrogen-bond acceptors (Lipinski definition) is 2. The molecule has 1 aliphatic heterocycles. The van der Waals surface area contributed by atoms with Gasteiger partial charge in [-0.25, -0.2) is 0 Å². The van der Waals surface area contributed by atoms with E-state index in [1.807, 2.05) is 0 Å². The molecule has 2 fully saturated rings. The van der Waals surface area contributed by atoms with Crippen LogP contribution in [0.1, 0.15) is 43.6 Å². The van der Waals surface area contributed by atoms with E-state index in [-0.39, 0.29) is 0 Å². The number of rotatable bonds is 3. The molecule has 1 saturated heterocycles. The molecule has 2 heteroatoms. The zero-order chi connectivity index (χ0) is 13.1. The third-order valence-corrected chi connectivity index (χ3v) is 4.95. The van der Waals surface area contributed by atoms with Gasteiger partial charge in [0.05, 0.1) is 0 Å². The van der Waals surface area contributed by atoms with Gasteiger partial charge in [0.25, 0.3) is 0 Å². The van der Waals surface area contributed by atoms with Crippen LogP contribution >= 0.6 is 0 Å². The van der Waals surface area contributed by atoms with Crippen LogP contribution in [0, 0.1) is 5.92 Å². The Morgan fingerprint density at radius 3 is 2.47 bits per heavy atom. The molecule has 0 bridgehead atoms. The molecule has 1 heterocycles.